The van der Waals surface area contributed by atoms with Crippen LogP contribution in [0.15, 0.2) is 23.3 Å². The highest BCUT2D eigenvalue weighted by molar-refractivity contribution is 7.59. The van der Waals surface area contributed by atoms with E-state index in [4.69, 9.17) is 18.9 Å². The van der Waals surface area contributed by atoms with Gasteiger partial charge in [-0.3, -0.25) is 9.59 Å². The van der Waals surface area contributed by atoms with E-state index in [1.807, 2.05) is 26.0 Å². The fourth-order valence-electron chi connectivity index (χ4n) is 16.7. The molecule has 73 heavy (non-hydrogen) atoms. The highest BCUT2D eigenvalue weighted by atomic mass is 32.1. The summed E-state index contributed by atoms with van der Waals surface area (Å²) in [7, 11) is 3.17. The highest BCUT2D eigenvalue weighted by Gasteiger charge is 2.72. The van der Waals surface area contributed by atoms with Gasteiger partial charge in [-0.25, -0.2) is 9.59 Å². The Morgan fingerprint density at radius 2 is 0.959 bits per heavy atom. The minimum atomic E-state index is -1.11. The lowest BCUT2D eigenvalue weighted by atomic mass is 9.45. The summed E-state index contributed by atoms with van der Waals surface area (Å²) >= 11 is 0. The fourth-order valence-corrected chi connectivity index (χ4v) is 16.7. The van der Waals surface area contributed by atoms with Crippen molar-refractivity contribution in [3.63, 3.8) is 0 Å². The van der Waals surface area contributed by atoms with Gasteiger partial charge in [-0.2, -0.15) is 54.0 Å². The maximum atomic E-state index is 13.6. The van der Waals surface area contributed by atoms with E-state index in [2.05, 4.69) is 38.3 Å². The van der Waals surface area contributed by atoms with Gasteiger partial charge in [0.15, 0.2) is 22.8 Å². The number of hydrogen-bond donors (Lipinski definition) is 6. The first-order valence-corrected chi connectivity index (χ1v) is 26.2. The molecule has 8 rings (SSSR count). The molecule has 8 aliphatic carbocycles. The van der Waals surface area contributed by atoms with Gasteiger partial charge in [0.1, 0.15) is 13.2 Å². The van der Waals surface area contributed by atoms with E-state index < -0.39 is 46.4 Å². The summed E-state index contributed by atoms with van der Waals surface area (Å²) in [5.41, 5.74) is -1.22. The smallest absolute Gasteiger partial charge is 0.339 e. The zero-order valence-corrected chi connectivity index (χ0v) is 48.9. The standard InChI is InChI=1S/2C27H43NO6.CH4.4H2S/c2*1-6-28-21(16(2)29)15-34-24(32)27(33-5)12-10-20-19-8-7-17-13-18(30)9-11-25(17,3)23(19)22(31)14-26(20,27)4;;;;;/h2*13,16,19-23,28-29,31H,6-12,14-15H2,1-5H3;1H4;4*1H2/t2*16?,19?,20?,21?,22?,23?,25?,26?,27-;;;;;/m11...../s1. The third kappa shape index (κ3) is 11.5. The van der Waals surface area contributed by atoms with E-state index in [-0.39, 0.29) is 157 Å². The summed E-state index contributed by atoms with van der Waals surface area (Å²) in [6.45, 7) is 17.4. The SMILES string of the molecule is C.CCNC(COC(=O)[C@]1(OC)CCC2C3CCC4=CC(=O)CCC4(C)C3C(O)CC21C)C(C)O.CCNC(COC(=O)[C@]1(OC)CCC2C3CCC4=CC(=O)CCC4(C)C3C(O)CC21C)C(C)O.S.S.S.S. The quantitative estimate of drug-likeness (QED) is 0.101. The van der Waals surface area contributed by atoms with Crippen LogP contribution < -0.4 is 10.6 Å². The van der Waals surface area contributed by atoms with E-state index in [1.54, 1.807) is 28.1 Å². The van der Waals surface area contributed by atoms with Crippen molar-refractivity contribution >= 4 is 77.5 Å². The zero-order valence-electron chi connectivity index (χ0n) is 44.9. The molecule has 16 unspecified atom stereocenters. The van der Waals surface area contributed by atoms with E-state index in [9.17, 15) is 39.6 Å². The minimum Gasteiger partial charge on any atom is -0.462 e. The van der Waals surface area contributed by atoms with Crippen molar-refractivity contribution in [1.29, 1.82) is 0 Å². The number of ether oxygens (including phenoxy) is 4. The third-order valence-corrected chi connectivity index (χ3v) is 20.3. The molecule has 0 radical (unpaired) electrons. The number of aliphatic hydroxyl groups is 4. The molecule has 0 saturated heterocycles. The van der Waals surface area contributed by atoms with E-state index in [0.29, 0.717) is 51.6 Å². The number of methoxy groups -OCH3 is 2. The van der Waals surface area contributed by atoms with E-state index in [0.717, 1.165) is 51.4 Å². The van der Waals surface area contributed by atoms with Crippen molar-refractivity contribution in [3.8, 4) is 0 Å². The largest absolute Gasteiger partial charge is 0.462 e. The van der Waals surface area contributed by atoms with E-state index >= 15 is 0 Å². The highest BCUT2D eigenvalue weighted by Crippen LogP contribution is 2.70. The van der Waals surface area contributed by atoms with E-state index in [1.165, 1.54) is 11.1 Å². The van der Waals surface area contributed by atoms with Crippen molar-refractivity contribution in [2.24, 2.45) is 57.2 Å². The van der Waals surface area contributed by atoms with Gasteiger partial charge in [-0.15, -0.1) is 0 Å². The van der Waals surface area contributed by atoms with Crippen LogP contribution in [-0.2, 0) is 38.1 Å². The van der Waals surface area contributed by atoms with Crippen molar-refractivity contribution in [2.45, 2.75) is 200 Å². The number of carbonyl (C=O) groups excluding carboxylic acids is 4. The van der Waals surface area contributed by atoms with Gasteiger partial charge in [0.2, 0.25) is 0 Å². The zero-order chi connectivity index (χ0) is 49.8. The molecule has 8 aliphatic rings. The predicted molar refractivity (Wildman–Crippen MR) is 304 cm³/mol. The lowest BCUT2D eigenvalue weighted by Gasteiger charge is -2.60. The number of fused-ring (bicyclic) bond motifs is 10. The summed E-state index contributed by atoms with van der Waals surface area (Å²) in [5, 5.41) is 49.6. The Balaban J connectivity index is 0.000000468. The number of esters is 2. The predicted octanol–water partition coefficient (Wildman–Crippen LogP) is 6.64. The minimum absolute atomic E-state index is 0. The maximum absolute atomic E-state index is 13.6. The fraction of sp³-hybridized carbons (Fsp3) is 0.855. The Bertz CT molecular complexity index is 1840. The van der Waals surface area contributed by atoms with Crippen LogP contribution in [-0.4, -0.2) is 132 Å². The van der Waals surface area contributed by atoms with Gasteiger partial charge in [-0.05, 0) is 162 Å². The Morgan fingerprint density at radius 3 is 1.26 bits per heavy atom. The first kappa shape index (κ1) is 67.9. The third-order valence-electron chi connectivity index (χ3n) is 20.3. The molecule has 14 nitrogen and oxygen atoms in total. The summed E-state index contributed by atoms with van der Waals surface area (Å²) in [5.74, 6) is 0.858. The Hall–Kier alpha value is -1.16. The molecule has 18 atom stereocenters. The van der Waals surface area contributed by atoms with Gasteiger partial charge in [0.25, 0.3) is 0 Å². The molecule has 0 aliphatic heterocycles. The van der Waals surface area contributed by atoms with Gasteiger partial charge in [0.05, 0.1) is 36.5 Å². The molecule has 0 amide bonds. The van der Waals surface area contributed by atoms with Crippen LogP contribution in [0.5, 0.6) is 0 Å². The number of carbonyl (C=O) groups is 4. The Morgan fingerprint density at radius 1 is 0.616 bits per heavy atom. The monoisotopic (exact) mass is 1110 g/mol. The molecular formula is C55H98N2O12S4. The summed E-state index contributed by atoms with van der Waals surface area (Å²) in [6, 6.07) is -0.682. The molecule has 6 N–H and O–H groups in total. The van der Waals surface area contributed by atoms with Crippen LogP contribution in [0.25, 0.3) is 0 Å². The van der Waals surface area contributed by atoms with Crippen LogP contribution >= 0.6 is 54.0 Å². The molecular weight excluding hydrogens is 1010 g/mol. The van der Waals surface area contributed by atoms with Gasteiger partial charge in [0, 0.05) is 37.9 Å². The number of allylic oxidation sites excluding steroid dienone is 2. The summed E-state index contributed by atoms with van der Waals surface area (Å²) in [6.07, 6.45) is 11.3. The average Bonchev–Trinajstić information content (AvgIpc) is 3.77. The molecule has 6 saturated carbocycles. The molecule has 424 valence electrons. The molecule has 0 bridgehead atoms. The number of ketones is 2. The first-order valence-electron chi connectivity index (χ1n) is 26.2. The molecule has 0 heterocycles. The molecule has 6 fully saturated rings. The molecule has 18 heteroatoms. The van der Waals surface area contributed by atoms with Crippen molar-refractivity contribution in [2.75, 3.05) is 40.5 Å². The molecule has 0 aromatic rings. The first-order chi connectivity index (χ1) is 32.1. The van der Waals surface area contributed by atoms with Gasteiger partial charge >= 0.3 is 11.9 Å². The van der Waals surface area contributed by atoms with Gasteiger partial charge < -0.3 is 50.0 Å². The second-order valence-corrected chi connectivity index (χ2v) is 23.3. The van der Waals surface area contributed by atoms with Crippen LogP contribution in [0.2, 0.25) is 0 Å². The normalized spacial score (nSPS) is 40.3. The topological polar surface area (TPSA) is 210 Å². The lowest BCUT2D eigenvalue weighted by Crippen LogP contribution is -2.62. The van der Waals surface area contributed by atoms with Crippen LogP contribution in [0.3, 0.4) is 0 Å². The number of nitrogens with one attached hydrogen (secondary N) is 2. The summed E-state index contributed by atoms with van der Waals surface area (Å²) < 4.78 is 23.6. The Kier molecular flexibility index (Phi) is 24.4. The van der Waals surface area contributed by atoms with Crippen molar-refractivity contribution in [1.82, 2.24) is 10.6 Å². The average molecular weight is 1110 g/mol. The molecule has 0 spiro atoms. The summed E-state index contributed by atoms with van der Waals surface area (Å²) in [4.78, 5) is 51.4. The maximum Gasteiger partial charge on any atom is 0.339 e. The van der Waals surface area contributed by atoms with Crippen LogP contribution in [0.4, 0.5) is 0 Å². The van der Waals surface area contributed by atoms with Crippen molar-refractivity contribution in [3.05, 3.63) is 23.3 Å². The number of aliphatic hydroxyl groups excluding tert-OH is 4. The number of rotatable bonds is 14. The lowest BCUT2D eigenvalue weighted by molar-refractivity contribution is -0.207. The Labute approximate surface area is 465 Å². The molecule has 0 aromatic heterocycles. The molecule has 0 aromatic carbocycles. The second kappa shape index (κ2) is 26.2. The second-order valence-electron chi connectivity index (χ2n) is 23.3. The van der Waals surface area contributed by atoms with Gasteiger partial charge in [-0.1, -0.05) is 60.1 Å². The van der Waals surface area contributed by atoms with Crippen LogP contribution in [0.1, 0.15) is 153 Å². The van der Waals surface area contributed by atoms with Crippen molar-refractivity contribution < 1.29 is 58.6 Å². The number of likely N-dealkylation sites (N-methyl/N-ethyl adjacent to an activating group) is 2. The van der Waals surface area contributed by atoms with Crippen LogP contribution in [0, 0.1) is 57.2 Å². The number of hydrogen-bond acceptors (Lipinski definition) is 14.